The molecule has 0 aliphatic carbocycles. The van der Waals surface area contributed by atoms with Gasteiger partial charge in [0, 0.05) is 26.8 Å². The molecule has 0 amide bonds. The molecule has 2 N–H and O–H groups in total. The predicted molar refractivity (Wildman–Crippen MR) is 51.6 cm³/mol. The zero-order chi connectivity index (χ0) is 11.6. The highest BCUT2D eigenvalue weighted by Gasteiger charge is 2.27. The molecule has 0 saturated carbocycles. The number of hydrogen-bond donors (Lipinski definition) is 1. The van der Waals surface area contributed by atoms with E-state index in [1.807, 2.05) is 0 Å². The van der Waals surface area contributed by atoms with Gasteiger partial charge in [0.05, 0.1) is 12.1 Å². The van der Waals surface area contributed by atoms with Crippen molar-refractivity contribution in [1.29, 1.82) is 0 Å². The van der Waals surface area contributed by atoms with Gasteiger partial charge in [0.15, 0.2) is 5.82 Å². The summed E-state index contributed by atoms with van der Waals surface area (Å²) in [5.74, 6) is 0.377. The van der Waals surface area contributed by atoms with Gasteiger partial charge in [-0.15, -0.1) is 0 Å². The monoisotopic (exact) mass is 222 g/mol. The molecule has 1 heterocycles. The number of anilines is 2. The Bertz CT molecular complexity index is 331. The Hall–Kier alpha value is -1.40. The summed E-state index contributed by atoms with van der Waals surface area (Å²) >= 11 is 0. The number of nitrogen functional groups attached to an aromatic ring is 1. The average molecular weight is 222 g/mol. The van der Waals surface area contributed by atoms with E-state index in [0.29, 0.717) is 11.5 Å². The van der Waals surface area contributed by atoms with Crippen molar-refractivity contribution >= 4 is 11.5 Å². The zero-order valence-corrected chi connectivity index (χ0v) is 8.54. The van der Waals surface area contributed by atoms with Crippen LogP contribution in [-0.4, -0.2) is 29.5 Å². The van der Waals surface area contributed by atoms with E-state index in [9.17, 15) is 13.2 Å². The molecule has 4 nitrogen and oxygen atoms in total. The summed E-state index contributed by atoms with van der Waals surface area (Å²) in [4.78, 5) is 1.39. The van der Waals surface area contributed by atoms with Crippen LogP contribution in [0.25, 0.3) is 0 Å². The molecule has 0 aromatic carbocycles. The van der Waals surface area contributed by atoms with Gasteiger partial charge in [0.25, 0.3) is 0 Å². The van der Waals surface area contributed by atoms with Gasteiger partial charge in [-0.2, -0.15) is 18.3 Å². The number of nitrogens with zero attached hydrogens (tertiary/aromatic N) is 3. The fourth-order valence-electron chi connectivity index (χ4n) is 1.19. The van der Waals surface area contributed by atoms with Crippen LogP contribution in [0.4, 0.5) is 24.7 Å². The quantitative estimate of drug-likeness (QED) is 0.840. The number of hydrogen-bond acceptors (Lipinski definition) is 3. The highest BCUT2D eigenvalue weighted by atomic mass is 19.4. The van der Waals surface area contributed by atoms with Crippen molar-refractivity contribution in [2.24, 2.45) is 7.05 Å². The Balaban J connectivity index is 2.61. The molecule has 15 heavy (non-hydrogen) atoms. The van der Waals surface area contributed by atoms with Gasteiger partial charge in [-0.25, -0.2) is 0 Å². The second kappa shape index (κ2) is 4.00. The third-order valence-electron chi connectivity index (χ3n) is 1.93. The van der Waals surface area contributed by atoms with E-state index in [0.717, 1.165) is 0 Å². The van der Waals surface area contributed by atoms with Crippen LogP contribution in [0.15, 0.2) is 6.20 Å². The lowest BCUT2D eigenvalue weighted by molar-refractivity contribution is -0.132. The molecule has 0 spiro atoms. The van der Waals surface area contributed by atoms with Gasteiger partial charge < -0.3 is 10.6 Å². The minimum absolute atomic E-state index is 0.148. The third kappa shape index (κ3) is 3.34. The number of aryl methyl sites for hydroxylation is 1. The first-order valence-corrected chi connectivity index (χ1v) is 4.36. The molecule has 0 radical (unpaired) electrons. The standard InChI is InChI=1S/C8H13F3N4/c1-14(4-3-8(9,10)11)7-6(12)5-15(2)13-7/h5H,3-4,12H2,1-2H3. The lowest BCUT2D eigenvalue weighted by Gasteiger charge is -2.17. The van der Waals surface area contributed by atoms with Gasteiger partial charge in [0.1, 0.15) is 0 Å². The lowest BCUT2D eigenvalue weighted by atomic mass is 10.3. The normalized spacial score (nSPS) is 11.8. The second-order valence-corrected chi connectivity index (χ2v) is 3.37. The van der Waals surface area contributed by atoms with Crippen molar-refractivity contribution < 1.29 is 13.2 Å². The minimum Gasteiger partial charge on any atom is -0.394 e. The van der Waals surface area contributed by atoms with Gasteiger partial charge in [-0.3, -0.25) is 4.68 Å². The Morgan fingerprint density at radius 1 is 1.53 bits per heavy atom. The maximum absolute atomic E-state index is 12.0. The van der Waals surface area contributed by atoms with Crippen LogP contribution < -0.4 is 10.6 Å². The third-order valence-corrected chi connectivity index (χ3v) is 1.93. The molecule has 1 aromatic heterocycles. The van der Waals surface area contributed by atoms with Crippen LogP contribution in [0.5, 0.6) is 0 Å². The SMILES string of the molecule is CN(CCC(F)(F)F)c1nn(C)cc1N. The average Bonchev–Trinajstić information content (AvgIpc) is 2.40. The maximum Gasteiger partial charge on any atom is 0.390 e. The van der Waals surface area contributed by atoms with Crippen LogP contribution in [-0.2, 0) is 7.05 Å². The predicted octanol–water partition coefficient (Wildman–Crippen LogP) is 1.39. The Morgan fingerprint density at radius 3 is 2.53 bits per heavy atom. The van der Waals surface area contributed by atoms with Gasteiger partial charge in [-0.1, -0.05) is 0 Å². The van der Waals surface area contributed by atoms with E-state index >= 15 is 0 Å². The summed E-state index contributed by atoms with van der Waals surface area (Å²) in [5.41, 5.74) is 5.95. The van der Waals surface area contributed by atoms with Crippen molar-refractivity contribution in [3.63, 3.8) is 0 Å². The van der Waals surface area contributed by atoms with Crippen LogP contribution in [0.2, 0.25) is 0 Å². The molecule has 0 saturated heterocycles. The van der Waals surface area contributed by atoms with E-state index in [2.05, 4.69) is 5.10 Å². The van der Waals surface area contributed by atoms with Crippen LogP contribution in [0, 0.1) is 0 Å². The first-order valence-electron chi connectivity index (χ1n) is 4.36. The van der Waals surface area contributed by atoms with Gasteiger partial charge >= 0.3 is 6.18 Å². The topological polar surface area (TPSA) is 47.1 Å². The highest BCUT2D eigenvalue weighted by molar-refractivity contribution is 5.61. The molecule has 0 bridgehead atoms. The van der Waals surface area contributed by atoms with E-state index in [1.54, 1.807) is 13.2 Å². The molecule has 1 rings (SSSR count). The Labute approximate surface area is 85.5 Å². The van der Waals surface area contributed by atoms with Gasteiger partial charge in [0.2, 0.25) is 0 Å². The van der Waals surface area contributed by atoms with Crippen LogP contribution in [0.1, 0.15) is 6.42 Å². The first-order chi connectivity index (χ1) is 6.79. The molecule has 0 fully saturated rings. The Kier molecular flexibility index (Phi) is 3.11. The lowest BCUT2D eigenvalue weighted by Crippen LogP contribution is -2.25. The molecule has 0 atom stereocenters. The second-order valence-electron chi connectivity index (χ2n) is 3.37. The van der Waals surface area contributed by atoms with E-state index in [-0.39, 0.29) is 6.54 Å². The van der Waals surface area contributed by atoms with Gasteiger partial charge in [-0.05, 0) is 0 Å². The van der Waals surface area contributed by atoms with Crippen LogP contribution >= 0.6 is 0 Å². The summed E-state index contributed by atoms with van der Waals surface area (Å²) in [6, 6.07) is 0. The van der Waals surface area contributed by atoms with Crippen molar-refractivity contribution in [2.75, 3.05) is 24.2 Å². The largest absolute Gasteiger partial charge is 0.394 e. The molecular weight excluding hydrogens is 209 g/mol. The van der Waals surface area contributed by atoms with Crippen molar-refractivity contribution in [3.8, 4) is 0 Å². The van der Waals surface area contributed by atoms with Crippen LogP contribution in [0.3, 0.4) is 0 Å². The number of rotatable bonds is 3. The molecule has 0 unspecified atom stereocenters. The molecule has 1 aromatic rings. The zero-order valence-electron chi connectivity index (χ0n) is 8.54. The molecule has 7 heteroatoms. The smallest absolute Gasteiger partial charge is 0.390 e. The Morgan fingerprint density at radius 2 is 2.13 bits per heavy atom. The summed E-state index contributed by atoms with van der Waals surface area (Å²) in [6.45, 7) is -0.148. The van der Waals surface area contributed by atoms with Crippen molar-refractivity contribution in [2.45, 2.75) is 12.6 Å². The molecule has 0 aliphatic heterocycles. The van der Waals surface area contributed by atoms with Crippen molar-refractivity contribution in [3.05, 3.63) is 6.20 Å². The summed E-state index contributed by atoms with van der Waals surface area (Å²) in [7, 11) is 3.20. The fraction of sp³-hybridized carbons (Fsp3) is 0.625. The molecular formula is C8H13F3N4. The number of nitrogens with two attached hydrogens (primary N) is 1. The number of aromatic nitrogens is 2. The molecule has 86 valence electrons. The summed E-state index contributed by atoms with van der Waals surface area (Å²) < 4.78 is 37.3. The summed E-state index contributed by atoms with van der Waals surface area (Å²) in [6.07, 6.45) is -3.48. The maximum atomic E-state index is 12.0. The first kappa shape index (κ1) is 11.7. The number of alkyl halides is 3. The van der Waals surface area contributed by atoms with E-state index in [4.69, 9.17) is 5.73 Å². The molecule has 0 aliphatic rings. The van der Waals surface area contributed by atoms with E-state index < -0.39 is 12.6 Å². The number of halogens is 3. The summed E-state index contributed by atoms with van der Waals surface area (Å²) in [5, 5.41) is 3.96. The van der Waals surface area contributed by atoms with E-state index in [1.165, 1.54) is 16.6 Å². The highest BCUT2D eigenvalue weighted by Crippen LogP contribution is 2.23. The fourth-order valence-corrected chi connectivity index (χ4v) is 1.19. The van der Waals surface area contributed by atoms with Crippen molar-refractivity contribution in [1.82, 2.24) is 9.78 Å². The minimum atomic E-state index is -4.15.